The summed E-state index contributed by atoms with van der Waals surface area (Å²) in [6, 6.07) is 0.304. The molecule has 0 radical (unpaired) electrons. The Morgan fingerprint density at radius 2 is 1.90 bits per heavy atom. The van der Waals surface area contributed by atoms with E-state index >= 15 is 0 Å². The van der Waals surface area contributed by atoms with Gasteiger partial charge in [-0.15, -0.1) is 0 Å². The first-order chi connectivity index (χ1) is 9.54. The second-order valence-electron chi connectivity index (χ2n) is 5.83. The van der Waals surface area contributed by atoms with Crippen molar-refractivity contribution >= 4 is 11.9 Å². The summed E-state index contributed by atoms with van der Waals surface area (Å²) in [6.07, 6.45) is 6.64. The molecular weight excluding hydrogens is 254 g/mol. The molecule has 0 saturated heterocycles. The lowest BCUT2D eigenvalue weighted by atomic mass is 9.89. The lowest BCUT2D eigenvalue weighted by Crippen LogP contribution is -2.29. The molecule has 112 valence electrons. The Balaban J connectivity index is 2.04. The van der Waals surface area contributed by atoms with Crippen molar-refractivity contribution < 1.29 is 4.74 Å². The van der Waals surface area contributed by atoms with Crippen LogP contribution in [-0.2, 0) is 0 Å². The Kier molecular flexibility index (Phi) is 4.98. The van der Waals surface area contributed by atoms with E-state index in [0.717, 1.165) is 12.5 Å². The van der Waals surface area contributed by atoms with Gasteiger partial charge in [-0.2, -0.15) is 15.0 Å². The minimum atomic E-state index is 0.0216. The summed E-state index contributed by atoms with van der Waals surface area (Å²) < 4.78 is 5.51. The van der Waals surface area contributed by atoms with Crippen LogP contribution in [0, 0.1) is 5.92 Å². The fourth-order valence-electron chi connectivity index (χ4n) is 2.63. The largest absolute Gasteiger partial charge is 0.461 e. The van der Waals surface area contributed by atoms with E-state index in [1.807, 2.05) is 20.9 Å². The van der Waals surface area contributed by atoms with Crippen molar-refractivity contribution in [1.29, 1.82) is 0 Å². The van der Waals surface area contributed by atoms with Crippen LogP contribution < -0.4 is 15.4 Å². The quantitative estimate of drug-likeness (QED) is 0.890. The van der Waals surface area contributed by atoms with Crippen LogP contribution in [-0.4, -0.2) is 34.6 Å². The molecule has 0 bridgehead atoms. The van der Waals surface area contributed by atoms with Crippen molar-refractivity contribution in [3.05, 3.63) is 0 Å². The van der Waals surface area contributed by atoms with Crippen LogP contribution in [0.15, 0.2) is 0 Å². The van der Waals surface area contributed by atoms with Gasteiger partial charge in [-0.05, 0) is 32.6 Å². The summed E-state index contributed by atoms with van der Waals surface area (Å²) in [5, 5.41) is 0. The molecule has 0 spiro atoms. The topological polar surface area (TPSA) is 77.2 Å². The molecule has 0 aliphatic heterocycles. The molecular formula is C14H25N5O. The summed E-state index contributed by atoms with van der Waals surface area (Å²) in [6.45, 7) is 4.83. The van der Waals surface area contributed by atoms with E-state index in [2.05, 4.69) is 19.9 Å². The Morgan fingerprint density at radius 1 is 1.20 bits per heavy atom. The summed E-state index contributed by atoms with van der Waals surface area (Å²) in [5.74, 6) is 1.53. The van der Waals surface area contributed by atoms with Gasteiger partial charge in [0.15, 0.2) is 0 Å². The Hall–Kier alpha value is -1.59. The third-order valence-electron chi connectivity index (χ3n) is 3.56. The zero-order valence-electron chi connectivity index (χ0n) is 12.7. The molecule has 6 heteroatoms. The van der Waals surface area contributed by atoms with Crippen molar-refractivity contribution in [2.75, 3.05) is 24.2 Å². The highest BCUT2D eigenvalue weighted by atomic mass is 16.5. The maximum Gasteiger partial charge on any atom is 0.323 e. The number of ether oxygens (including phenoxy) is 1. The number of hydrogen-bond acceptors (Lipinski definition) is 6. The van der Waals surface area contributed by atoms with Gasteiger partial charge in [0.1, 0.15) is 0 Å². The van der Waals surface area contributed by atoms with Crippen molar-refractivity contribution in [1.82, 2.24) is 15.0 Å². The van der Waals surface area contributed by atoms with E-state index in [4.69, 9.17) is 10.5 Å². The molecule has 1 fully saturated rings. The van der Waals surface area contributed by atoms with Crippen LogP contribution in [0.25, 0.3) is 0 Å². The average molecular weight is 279 g/mol. The zero-order valence-corrected chi connectivity index (χ0v) is 12.7. The predicted molar refractivity (Wildman–Crippen MR) is 79.8 cm³/mol. The predicted octanol–water partition coefficient (Wildman–Crippen LogP) is 2.26. The van der Waals surface area contributed by atoms with Crippen molar-refractivity contribution in [3.8, 4) is 6.01 Å². The van der Waals surface area contributed by atoms with Crippen LogP contribution in [0.1, 0.15) is 46.0 Å². The van der Waals surface area contributed by atoms with Gasteiger partial charge in [0, 0.05) is 13.6 Å². The molecule has 0 unspecified atom stereocenters. The van der Waals surface area contributed by atoms with Crippen molar-refractivity contribution in [2.45, 2.75) is 52.1 Å². The molecule has 1 heterocycles. The second-order valence-corrected chi connectivity index (χ2v) is 5.83. The van der Waals surface area contributed by atoms with Gasteiger partial charge in [0.2, 0.25) is 11.9 Å². The van der Waals surface area contributed by atoms with E-state index in [1.54, 1.807) is 0 Å². The number of rotatable bonds is 5. The van der Waals surface area contributed by atoms with Gasteiger partial charge in [-0.3, -0.25) is 0 Å². The number of nitrogens with zero attached hydrogens (tertiary/aromatic N) is 4. The molecule has 1 aliphatic carbocycles. The monoisotopic (exact) mass is 279 g/mol. The van der Waals surface area contributed by atoms with Gasteiger partial charge in [0.25, 0.3) is 0 Å². The number of nitrogens with two attached hydrogens (primary N) is 1. The van der Waals surface area contributed by atoms with E-state index in [-0.39, 0.29) is 12.1 Å². The van der Waals surface area contributed by atoms with Crippen molar-refractivity contribution in [2.24, 2.45) is 5.92 Å². The first-order valence-electron chi connectivity index (χ1n) is 7.44. The van der Waals surface area contributed by atoms with Gasteiger partial charge in [0.05, 0.1) is 6.10 Å². The highest BCUT2D eigenvalue weighted by Crippen LogP contribution is 2.25. The number of nitrogen functional groups attached to an aromatic ring is 1. The van der Waals surface area contributed by atoms with E-state index in [9.17, 15) is 0 Å². The van der Waals surface area contributed by atoms with Crippen LogP contribution in [0.2, 0.25) is 0 Å². The number of hydrogen-bond donors (Lipinski definition) is 1. The number of anilines is 2. The van der Waals surface area contributed by atoms with Crippen molar-refractivity contribution in [3.63, 3.8) is 0 Å². The fraction of sp³-hybridized carbons (Fsp3) is 0.786. The highest BCUT2D eigenvalue weighted by molar-refractivity contribution is 5.35. The third-order valence-corrected chi connectivity index (χ3v) is 3.56. The maximum absolute atomic E-state index is 5.74. The molecule has 6 nitrogen and oxygen atoms in total. The van der Waals surface area contributed by atoms with E-state index in [1.165, 1.54) is 32.1 Å². The van der Waals surface area contributed by atoms with Gasteiger partial charge in [-0.25, -0.2) is 0 Å². The summed E-state index contributed by atoms with van der Waals surface area (Å²) >= 11 is 0. The van der Waals surface area contributed by atoms with E-state index < -0.39 is 0 Å². The minimum absolute atomic E-state index is 0.0216. The standard InChI is InChI=1S/C14H25N5O/c1-10(2)20-14-17-12(15)16-13(18-14)19(3)9-11-7-5-4-6-8-11/h10-11H,4-9H2,1-3H3,(H2,15,16,17,18). The lowest BCUT2D eigenvalue weighted by molar-refractivity contribution is 0.222. The number of aromatic nitrogens is 3. The first-order valence-corrected chi connectivity index (χ1v) is 7.44. The average Bonchev–Trinajstić information content (AvgIpc) is 2.38. The van der Waals surface area contributed by atoms with E-state index in [0.29, 0.717) is 12.0 Å². The van der Waals surface area contributed by atoms with Crippen LogP contribution in [0.4, 0.5) is 11.9 Å². The zero-order chi connectivity index (χ0) is 14.5. The lowest BCUT2D eigenvalue weighted by Gasteiger charge is -2.27. The first kappa shape index (κ1) is 14.8. The smallest absolute Gasteiger partial charge is 0.323 e. The summed E-state index contributed by atoms with van der Waals surface area (Å²) in [5.41, 5.74) is 5.74. The van der Waals surface area contributed by atoms with Gasteiger partial charge >= 0.3 is 6.01 Å². The van der Waals surface area contributed by atoms with Crippen LogP contribution in [0.3, 0.4) is 0 Å². The molecule has 20 heavy (non-hydrogen) atoms. The Morgan fingerprint density at radius 3 is 2.55 bits per heavy atom. The molecule has 1 aromatic heterocycles. The van der Waals surface area contributed by atoms with Gasteiger partial charge in [-0.1, -0.05) is 19.3 Å². The normalized spacial score (nSPS) is 16.4. The SMILES string of the molecule is CC(C)Oc1nc(N)nc(N(C)CC2CCCCC2)n1. The molecule has 0 atom stereocenters. The summed E-state index contributed by atoms with van der Waals surface area (Å²) in [7, 11) is 2.00. The maximum atomic E-state index is 5.74. The molecule has 1 saturated carbocycles. The fourth-order valence-corrected chi connectivity index (χ4v) is 2.63. The van der Waals surface area contributed by atoms with Gasteiger partial charge < -0.3 is 15.4 Å². The molecule has 1 aliphatic rings. The molecule has 2 rings (SSSR count). The molecule has 0 aromatic carbocycles. The highest BCUT2D eigenvalue weighted by Gasteiger charge is 2.18. The molecule has 0 amide bonds. The minimum Gasteiger partial charge on any atom is -0.461 e. The Bertz CT molecular complexity index is 432. The molecule has 1 aromatic rings. The third kappa shape index (κ3) is 4.21. The van der Waals surface area contributed by atoms with Crippen LogP contribution >= 0.6 is 0 Å². The second kappa shape index (κ2) is 6.72. The summed E-state index contributed by atoms with van der Waals surface area (Å²) in [4.78, 5) is 14.6. The Labute approximate surface area is 120 Å². The van der Waals surface area contributed by atoms with Crippen LogP contribution in [0.5, 0.6) is 6.01 Å². The molecule has 2 N–H and O–H groups in total.